The third kappa shape index (κ3) is 4.88. The lowest BCUT2D eigenvalue weighted by molar-refractivity contribution is 0.669. The van der Waals surface area contributed by atoms with E-state index in [-0.39, 0.29) is 0 Å². The zero-order valence-electron chi connectivity index (χ0n) is 29.4. The summed E-state index contributed by atoms with van der Waals surface area (Å²) in [5.74, 6) is 0. The van der Waals surface area contributed by atoms with Crippen molar-refractivity contribution in [1.82, 2.24) is 0 Å². The fourth-order valence-electron chi connectivity index (χ4n) is 8.45. The normalized spacial score (nSPS) is 11.7. The van der Waals surface area contributed by atoms with E-state index in [0.717, 1.165) is 39.0 Å². The zero-order valence-corrected chi connectivity index (χ0v) is 29.4. The molecule has 0 saturated heterocycles. The van der Waals surface area contributed by atoms with Crippen molar-refractivity contribution < 1.29 is 4.42 Å². The standard InChI is InChI=1S/C52H33NO/c1-2-10-35(11-3-1)43-14-8-9-17-48(43)53(42-28-31-49-47(33-42)52-45-16-7-5-13-37(45)25-30-50(52)54-49)41-26-22-34(23-27-41)39-24-29-46-40(32-39)21-20-38-19-18-36-12-4-6-15-44(36)51(38)46/h1-33H. The van der Waals surface area contributed by atoms with Gasteiger partial charge in [0.25, 0.3) is 0 Å². The van der Waals surface area contributed by atoms with E-state index in [1.165, 1.54) is 65.3 Å². The van der Waals surface area contributed by atoms with Crippen LogP contribution in [0.4, 0.5) is 17.1 Å². The maximum atomic E-state index is 6.42. The van der Waals surface area contributed by atoms with E-state index in [0.29, 0.717) is 0 Å². The van der Waals surface area contributed by atoms with E-state index in [1.807, 2.05) is 0 Å². The van der Waals surface area contributed by atoms with Crippen LogP contribution in [0.5, 0.6) is 0 Å². The average molecular weight is 688 g/mol. The van der Waals surface area contributed by atoms with Crippen LogP contribution in [-0.4, -0.2) is 0 Å². The molecule has 0 saturated carbocycles. The van der Waals surface area contributed by atoms with E-state index in [4.69, 9.17) is 4.42 Å². The molecule has 0 aliphatic heterocycles. The Bertz CT molecular complexity index is 3210. The van der Waals surface area contributed by atoms with Crippen molar-refractivity contribution >= 4 is 82.1 Å². The molecule has 0 N–H and O–H groups in total. The van der Waals surface area contributed by atoms with Crippen molar-refractivity contribution in [3.8, 4) is 22.3 Å². The first-order valence-electron chi connectivity index (χ1n) is 18.5. The fraction of sp³-hybridized carbons (Fsp3) is 0. The smallest absolute Gasteiger partial charge is 0.136 e. The molecule has 252 valence electrons. The molecule has 0 unspecified atom stereocenters. The second kappa shape index (κ2) is 12.2. The first-order chi connectivity index (χ1) is 26.8. The Labute approximate surface area is 312 Å². The highest BCUT2D eigenvalue weighted by Gasteiger charge is 2.20. The zero-order chi connectivity index (χ0) is 35.6. The lowest BCUT2D eigenvalue weighted by atomic mass is 9.94. The van der Waals surface area contributed by atoms with Crippen molar-refractivity contribution in [3.63, 3.8) is 0 Å². The number of benzene rings is 10. The van der Waals surface area contributed by atoms with Crippen molar-refractivity contribution in [2.45, 2.75) is 0 Å². The van der Waals surface area contributed by atoms with Crippen LogP contribution in [0.3, 0.4) is 0 Å². The summed E-state index contributed by atoms with van der Waals surface area (Å²) in [5, 5.41) is 12.3. The molecular formula is C52H33NO. The Balaban J connectivity index is 1.07. The summed E-state index contributed by atoms with van der Waals surface area (Å²) >= 11 is 0. The summed E-state index contributed by atoms with van der Waals surface area (Å²) in [6.07, 6.45) is 0. The van der Waals surface area contributed by atoms with Crippen molar-refractivity contribution in [3.05, 3.63) is 200 Å². The van der Waals surface area contributed by atoms with Gasteiger partial charge in [0.2, 0.25) is 0 Å². The number of hydrogen-bond acceptors (Lipinski definition) is 2. The Hall–Kier alpha value is -7.16. The maximum Gasteiger partial charge on any atom is 0.136 e. The number of anilines is 3. The summed E-state index contributed by atoms with van der Waals surface area (Å²) in [6.45, 7) is 0. The Morgan fingerprint density at radius 2 is 0.907 bits per heavy atom. The van der Waals surface area contributed by atoms with Gasteiger partial charge in [-0.3, -0.25) is 0 Å². The van der Waals surface area contributed by atoms with Gasteiger partial charge in [0.15, 0.2) is 0 Å². The predicted molar refractivity (Wildman–Crippen MR) is 229 cm³/mol. The van der Waals surface area contributed by atoms with Crippen LogP contribution in [0.2, 0.25) is 0 Å². The van der Waals surface area contributed by atoms with Gasteiger partial charge in [-0.2, -0.15) is 0 Å². The lowest BCUT2D eigenvalue weighted by Gasteiger charge is -2.28. The SMILES string of the molecule is c1ccc(-c2ccccc2N(c2ccc(-c3ccc4c(ccc5ccc6ccccc6c54)c3)cc2)c2ccc3oc4ccc5ccccc5c4c3c2)cc1. The van der Waals surface area contributed by atoms with Crippen molar-refractivity contribution in [1.29, 1.82) is 0 Å². The summed E-state index contributed by atoms with van der Waals surface area (Å²) < 4.78 is 6.42. The third-order valence-corrected chi connectivity index (χ3v) is 11.0. The number of hydrogen-bond donors (Lipinski definition) is 0. The van der Waals surface area contributed by atoms with Crippen LogP contribution in [0.25, 0.3) is 87.3 Å². The van der Waals surface area contributed by atoms with Crippen molar-refractivity contribution in [2.24, 2.45) is 0 Å². The first kappa shape index (κ1) is 30.5. The van der Waals surface area contributed by atoms with Gasteiger partial charge in [-0.05, 0) is 108 Å². The van der Waals surface area contributed by atoms with Gasteiger partial charge in [0.1, 0.15) is 11.2 Å². The largest absolute Gasteiger partial charge is 0.456 e. The first-order valence-corrected chi connectivity index (χ1v) is 18.5. The van der Waals surface area contributed by atoms with Crippen LogP contribution < -0.4 is 4.90 Å². The molecule has 2 nitrogen and oxygen atoms in total. The topological polar surface area (TPSA) is 16.4 Å². The molecule has 54 heavy (non-hydrogen) atoms. The average Bonchev–Trinajstić information content (AvgIpc) is 3.63. The number of rotatable bonds is 5. The molecular weight excluding hydrogens is 655 g/mol. The summed E-state index contributed by atoms with van der Waals surface area (Å²) in [5.41, 5.74) is 9.76. The molecule has 1 heterocycles. The minimum atomic E-state index is 0.883. The van der Waals surface area contributed by atoms with E-state index in [2.05, 4.69) is 205 Å². The van der Waals surface area contributed by atoms with E-state index >= 15 is 0 Å². The second-order valence-corrected chi connectivity index (χ2v) is 14.1. The molecule has 0 aliphatic carbocycles. The van der Waals surface area contributed by atoms with Crippen LogP contribution in [-0.2, 0) is 0 Å². The maximum absolute atomic E-state index is 6.42. The molecule has 10 aromatic carbocycles. The molecule has 0 amide bonds. The van der Waals surface area contributed by atoms with Gasteiger partial charge in [-0.25, -0.2) is 0 Å². The predicted octanol–water partition coefficient (Wildman–Crippen LogP) is 15.0. The minimum absolute atomic E-state index is 0.883. The molecule has 0 aliphatic rings. The van der Waals surface area contributed by atoms with Gasteiger partial charge < -0.3 is 9.32 Å². The van der Waals surface area contributed by atoms with Gasteiger partial charge in [-0.15, -0.1) is 0 Å². The van der Waals surface area contributed by atoms with Crippen LogP contribution in [0.15, 0.2) is 205 Å². The molecule has 0 atom stereocenters. The van der Waals surface area contributed by atoms with Gasteiger partial charge in [0.05, 0.1) is 5.69 Å². The van der Waals surface area contributed by atoms with Crippen LogP contribution in [0, 0.1) is 0 Å². The number of fused-ring (bicyclic) bond motifs is 10. The highest BCUT2D eigenvalue weighted by molar-refractivity contribution is 6.21. The Morgan fingerprint density at radius 3 is 1.72 bits per heavy atom. The van der Waals surface area contributed by atoms with Gasteiger partial charge in [0, 0.05) is 27.7 Å². The molecule has 0 radical (unpaired) electrons. The number of nitrogens with zero attached hydrogens (tertiary/aromatic N) is 1. The Kier molecular flexibility index (Phi) is 6.90. The van der Waals surface area contributed by atoms with E-state index in [1.54, 1.807) is 0 Å². The summed E-state index contributed by atoms with van der Waals surface area (Å²) in [7, 11) is 0. The molecule has 2 heteroatoms. The summed E-state index contributed by atoms with van der Waals surface area (Å²) in [4.78, 5) is 2.38. The van der Waals surface area contributed by atoms with E-state index < -0.39 is 0 Å². The number of furan rings is 1. The molecule has 0 spiro atoms. The molecule has 0 bridgehead atoms. The van der Waals surface area contributed by atoms with Gasteiger partial charge >= 0.3 is 0 Å². The lowest BCUT2D eigenvalue weighted by Crippen LogP contribution is -2.11. The van der Waals surface area contributed by atoms with Gasteiger partial charge in [-0.1, -0.05) is 152 Å². The highest BCUT2D eigenvalue weighted by atomic mass is 16.3. The molecule has 1 aromatic heterocycles. The highest BCUT2D eigenvalue weighted by Crippen LogP contribution is 2.44. The monoisotopic (exact) mass is 687 g/mol. The fourth-order valence-corrected chi connectivity index (χ4v) is 8.45. The van der Waals surface area contributed by atoms with Crippen LogP contribution in [0.1, 0.15) is 0 Å². The quantitative estimate of drug-likeness (QED) is 0.168. The second-order valence-electron chi connectivity index (χ2n) is 14.1. The molecule has 11 aromatic rings. The third-order valence-electron chi connectivity index (χ3n) is 11.0. The van der Waals surface area contributed by atoms with Crippen molar-refractivity contribution in [2.75, 3.05) is 4.90 Å². The molecule has 0 fully saturated rings. The van der Waals surface area contributed by atoms with E-state index in [9.17, 15) is 0 Å². The molecule has 11 rings (SSSR count). The number of para-hydroxylation sites is 1. The Morgan fingerprint density at radius 1 is 0.315 bits per heavy atom. The summed E-state index contributed by atoms with van der Waals surface area (Å²) in [6, 6.07) is 72.3. The minimum Gasteiger partial charge on any atom is -0.456 e. The van der Waals surface area contributed by atoms with Crippen LogP contribution >= 0.6 is 0 Å².